The van der Waals surface area contributed by atoms with E-state index in [1.165, 1.54) is 11.0 Å². The van der Waals surface area contributed by atoms with Gasteiger partial charge in [0.15, 0.2) is 0 Å². The van der Waals surface area contributed by atoms with Crippen molar-refractivity contribution >= 4 is 28.2 Å². The second-order valence-electron chi connectivity index (χ2n) is 5.45. The molecular formula is C18H14N4O. The Morgan fingerprint density at radius 1 is 1.17 bits per heavy atom. The van der Waals surface area contributed by atoms with Crippen molar-refractivity contribution in [3.05, 3.63) is 76.3 Å². The van der Waals surface area contributed by atoms with Crippen LogP contribution in [0.5, 0.6) is 0 Å². The quantitative estimate of drug-likeness (QED) is 0.578. The second-order valence-corrected chi connectivity index (χ2v) is 5.45. The minimum Gasteiger partial charge on any atom is -0.349 e. The van der Waals surface area contributed by atoms with Gasteiger partial charge in [0.05, 0.1) is 6.21 Å². The number of benzene rings is 2. The summed E-state index contributed by atoms with van der Waals surface area (Å²) in [6.45, 7) is 2.02. The summed E-state index contributed by atoms with van der Waals surface area (Å²) >= 11 is 0. The Bertz CT molecular complexity index is 1090. The maximum Gasteiger partial charge on any atom is 0.298 e. The first-order chi connectivity index (χ1) is 11.2. The van der Waals surface area contributed by atoms with Crippen LogP contribution in [0.4, 0.5) is 0 Å². The van der Waals surface area contributed by atoms with Gasteiger partial charge in [-0.3, -0.25) is 4.79 Å². The van der Waals surface area contributed by atoms with Gasteiger partial charge in [-0.05, 0) is 24.6 Å². The van der Waals surface area contributed by atoms with Crippen LogP contribution in [0.25, 0.3) is 21.9 Å². The zero-order valence-corrected chi connectivity index (χ0v) is 12.5. The van der Waals surface area contributed by atoms with Crippen molar-refractivity contribution in [2.24, 2.45) is 5.10 Å². The van der Waals surface area contributed by atoms with Crippen LogP contribution in [0.15, 0.2) is 64.8 Å². The van der Waals surface area contributed by atoms with Crippen LogP contribution in [0, 0.1) is 6.92 Å². The third-order valence-corrected chi connectivity index (χ3v) is 3.78. The highest BCUT2D eigenvalue weighted by Gasteiger charge is 2.10. The molecule has 5 nitrogen and oxygen atoms in total. The van der Waals surface area contributed by atoms with Gasteiger partial charge in [-0.2, -0.15) is 9.78 Å². The molecule has 0 atom stereocenters. The van der Waals surface area contributed by atoms with E-state index in [2.05, 4.69) is 15.1 Å². The summed E-state index contributed by atoms with van der Waals surface area (Å²) in [5.74, 6) is 0. The second kappa shape index (κ2) is 5.21. The molecule has 112 valence electrons. The number of aryl methyl sites for hydroxylation is 1. The number of hydrogen-bond donors (Lipinski definition) is 1. The first kappa shape index (κ1) is 13.5. The molecule has 0 spiro atoms. The van der Waals surface area contributed by atoms with Crippen LogP contribution < -0.4 is 5.56 Å². The number of aromatic amines is 1. The highest BCUT2D eigenvalue weighted by molar-refractivity contribution is 6.04. The minimum atomic E-state index is -0.212. The van der Waals surface area contributed by atoms with Crippen LogP contribution in [-0.2, 0) is 0 Å². The van der Waals surface area contributed by atoms with E-state index in [1.54, 1.807) is 6.21 Å². The van der Waals surface area contributed by atoms with E-state index in [9.17, 15) is 4.79 Å². The molecule has 0 aliphatic rings. The molecule has 2 heterocycles. The SMILES string of the molecule is Cc1ccc2[nH]c3c(=O)n(/N=C\c4ccccc4)cnc3c2c1. The van der Waals surface area contributed by atoms with Gasteiger partial charge in [0.25, 0.3) is 5.56 Å². The number of nitrogens with one attached hydrogen (secondary N) is 1. The molecule has 2 aromatic heterocycles. The summed E-state index contributed by atoms with van der Waals surface area (Å²) in [5, 5.41) is 5.17. The fraction of sp³-hybridized carbons (Fsp3) is 0.0556. The minimum absolute atomic E-state index is 0.212. The van der Waals surface area contributed by atoms with Crippen molar-refractivity contribution in [1.82, 2.24) is 14.6 Å². The van der Waals surface area contributed by atoms with E-state index >= 15 is 0 Å². The van der Waals surface area contributed by atoms with Crippen molar-refractivity contribution in [2.45, 2.75) is 6.92 Å². The molecule has 4 aromatic rings. The van der Waals surface area contributed by atoms with Crippen molar-refractivity contribution in [2.75, 3.05) is 0 Å². The molecule has 0 aliphatic carbocycles. The van der Waals surface area contributed by atoms with Crippen LogP contribution in [0.2, 0.25) is 0 Å². The van der Waals surface area contributed by atoms with Crippen molar-refractivity contribution < 1.29 is 0 Å². The fourth-order valence-corrected chi connectivity index (χ4v) is 2.61. The van der Waals surface area contributed by atoms with E-state index in [-0.39, 0.29) is 5.56 Å². The van der Waals surface area contributed by atoms with Gasteiger partial charge in [0.2, 0.25) is 0 Å². The van der Waals surface area contributed by atoms with Crippen LogP contribution in [-0.4, -0.2) is 20.9 Å². The lowest BCUT2D eigenvalue weighted by molar-refractivity contribution is 0.815. The summed E-state index contributed by atoms with van der Waals surface area (Å²) in [5.41, 5.74) is 3.90. The summed E-state index contributed by atoms with van der Waals surface area (Å²) in [6.07, 6.45) is 3.10. The third kappa shape index (κ3) is 2.32. The maximum atomic E-state index is 12.6. The molecule has 0 amide bonds. The molecule has 1 N–H and O–H groups in total. The van der Waals surface area contributed by atoms with E-state index < -0.39 is 0 Å². The Labute approximate surface area is 131 Å². The summed E-state index contributed by atoms with van der Waals surface area (Å²) in [7, 11) is 0. The Kier molecular flexibility index (Phi) is 3.05. The number of rotatable bonds is 2. The average molecular weight is 302 g/mol. The Morgan fingerprint density at radius 3 is 2.83 bits per heavy atom. The molecule has 0 fully saturated rings. The molecule has 5 heteroatoms. The van der Waals surface area contributed by atoms with Crippen molar-refractivity contribution in [3.8, 4) is 0 Å². The largest absolute Gasteiger partial charge is 0.349 e. The lowest BCUT2D eigenvalue weighted by Gasteiger charge is -1.97. The van der Waals surface area contributed by atoms with Crippen LogP contribution in [0.3, 0.4) is 0 Å². The normalized spacial score (nSPS) is 11.7. The number of hydrogen-bond acceptors (Lipinski definition) is 3. The Balaban J connectivity index is 1.87. The van der Waals surface area contributed by atoms with Gasteiger partial charge in [-0.1, -0.05) is 42.0 Å². The number of nitrogens with zero attached hydrogens (tertiary/aromatic N) is 3. The fourth-order valence-electron chi connectivity index (χ4n) is 2.61. The molecule has 23 heavy (non-hydrogen) atoms. The first-order valence-electron chi connectivity index (χ1n) is 7.31. The maximum absolute atomic E-state index is 12.6. The third-order valence-electron chi connectivity index (χ3n) is 3.78. The standard InChI is InChI=1S/C18H14N4O/c1-12-7-8-15-14(9-12)16-17(21-15)18(23)22(11-19-16)20-10-13-5-3-2-4-6-13/h2-11,21H,1H3/b20-10-. The van der Waals surface area contributed by atoms with E-state index in [0.29, 0.717) is 11.0 Å². The van der Waals surface area contributed by atoms with Crippen LogP contribution >= 0.6 is 0 Å². The predicted octanol–water partition coefficient (Wildman–Crippen LogP) is 3.07. The number of aromatic nitrogens is 3. The number of H-pyrrole nitrogens is 1. The summed E-state index contributed by atoms with van der Waals surface area (Å²) < 4.78 is 1.25. The van der Waals surface area contributed by atoms with E-state index in [0.717, 1.165) is 22.0 Å². The molecule has 0 aliphatic heterocycles. The van der Waals surface area contributed by atoms with Crippen LogP contribution in [0.1, 0.15) is 11.1 Å². The lowest BCUT2D eigenvalue weighted by atomic mass is 10.2. The topological polar surface area (TPSA) is 63.0 Å². The molecular weight excluding hydrogens is 288 g/mol. The van der Waals surface area contributed by atoms with Gasteiger partial charge in [-0.15, -0.1) is 0 Å². The molecule has 0 saturated carbocycles. The zero-order chi connectivity index (χ0) is 15.8. The molecule has 0 unspecified atom stereocenters. The highest BCUT2D eigenvalue weighted by Crippen LogP contribution is 2.22. The van der Waals surface area contributed by atoms with Gasteiger partial charge < -0.3 is 4.98 Å². The zero-order valence-electron chi connectivity index (χ0n) is 12.5. The number of fused-ring (bicyclic) bond motifs is 3. The molecule has 0 saturated heterocycles. The van der Waals surface area contributed by atoms with Gasteiger partial charge in [0.1, 0.15) is 17.4 Å². The molecule has 2 aromatic carbocycles. The Morgan fingerprint density at radius 2 is 2.00 bits per heavy atom. The first-order valence-corrected chi connectivity index (χ1v) is 7.31. The van der Waals surface area contributed by atoms with Crippen molar-refractivity contribution in [1.29, 1.82) is 0 Å². The summed E-state index contributed by atoms with van der Waals surface area (Å²) in [6, 6.07) is 15.6. The predicted molar refractivity (Wildman–Crippen MR) is 92.0 cm³/mol. The van der Waals surface area contributed by atoms with Gasteiger partial charge in [-0.25, -0.2) is 4.98 Å². The lowest BCUT2D eigenvalue weighted by Crippen LogP contribution is -2.17. The highest BCUT2D eigenvalue weighted by atomic mass is 16.1. The van der Waals surface area contributed by atoms with Gasteiger partial charge >= 0.3 is 0 Å². The van der Waals surface area contributed by atoms with Crippen molar-refractivity contribution in [3.63, 3.8) is 0 Å². The molecule has 0 bridgehead atoms. The van der Waals surface area contributed by atoms with E-state index in [1.807, 2.05) is 55.5 Å². The van der Waals surface area contributed by atoms with Gasteiger partial charge in [0, 0.05) is 10.9 Å². The monoisotopic (exact) mass is 302 g/mol. The molecule has 0 radical (unpaired) electrons. The molecule has 4 rings (SSSR count). The average Bonchev–Trinajstić information content (AvgIpc) is 2.94. The van der Waals surface area contributed by atoms with E-state index in [4.69, 9.17) is 0 Å². The summed E-state index contributed by atoms with van der Waals surface area (Å²) in [4.78, 5) is 20.1. The Hall–Kier alpha value is -3.21. The smallest absolute Gasteiger partial charge is 0.298 e.